The lowest BCUT2D eigenvalue weighted by atomic mass is 10.2. The van der Waals surface area contributed by atoms with Gasteiger partial charge in [0.1, 0.15) is 4.90 Å². The zero-order valence-electron chi connectivity index (χ0n) is 12.2. The average molecular weight is 383 g/mol. The summed E-state index contributed by atoms with van der Waals surface area (Å²) >= 11 is 4.73. The van der Waals surface area contributed by atoms with Crippen LogP contribution in [0.25, 0.3) is 0 Å². The van der Waals surface area contributed by atoms with Crippen LogP contribution in [0.3, 0.4) is 0 Å². The van der Waals surface area contributed by atoms with Crippen LogP contribution in [0.5, 0.6) is 0 Å². The van der Waals surface area contributed by atoms with Crippen LogP contribution in [-0.4, -0.2) is 25.3 Å². The van der Waals surface area contributed by atoms with Crippen LogP contribution in [0, 0.1) is 0 Å². The molecular formula is C13H23BrN2O2S2. The molecule has 2 N–H and O–H groups in total. The minimum Gasteiger partial charge on any atom is -0.326 e. The number of unbranched alkanes of at least 4 members (excludes halogenated alkanes) is 2. The maximum Gasteiger partial charge on any atom is 0.245 e. The maximum atomic E-state index is 12.8. The Morgan fingerprint density at radius 1 is 1.40 bits per heavy atom. The Balaban J connectivity index is 3.06. The fourth-order valence-corrected chi connectivity index (χ4v) is 6.16. The van der Waals surface area contributed by atoms with Crippen molar-refractivity contribution in [1.82, 2.24) is 4.31 Å². The van der Waals surface area contributed by atoms with E-state index in [9.17, 15) is 8.42 Å². The Hall–Kier alpha value is 0.0500. The van der Waals surface area contributed by atoms with Crippen molar-refractivity contribution >= 4 is 37.3 Å². The quantitative estimate of drug-likeness (QED) is 0.698. The highest BCUT2D eigenvalue weighted by Gasteiger charge is 2.29. The van der Waals surface area contributed by atoms with Gasteiger partial charge in [-0.3, -0.25) is 0 Å². The second-order valence-corrected chi connectivity index (χ2v) is 9.29. The molecule has 0 radical (unpaired) electrons. The van der Waals surface area contributed by atoms with Gasteiger partial charge in [-0.25, -0.2) is 8.42 Å². The molecule has 0 bridgehead atoms. The monoisotopic (exact) mass is 382 g/mol. The SMILES string of the molecule is CCCCCN(C(C)C)S(=O)(=O)c1cc(CN)sc1Br. The van der Waals surface area contributed by atoms with Crippen LogP contribution in [0.2, 0.25) is 0 Å². The van der Waals surface area contributed by atoms with Crippen LogP contribution < -0.4 is 5.73 Å². The van der Waals surface area contributed by atoms with Gasteiger partial charge in [-0.05, 0) is 42.3 Å². The van der Waals surface area contributed by atoms with Crippen LogP contribution in [0.15, 0.2) is 14.7 Å². The van der Waals surface area contributed by atoms with E-state index in [0.717, 1.165) is 24.1 Å². The second kappa shape index (κ2) is 7.89. The summed E-state index contributed by atoms with van der Waals surface area (Å²) < 4.78 is 27.8. The summed E-state index contributed by atoms with van der Waals surface area (Å²) in [7, 11) is -3.46. The van der Waals surface area contributed by atoms with E-state index in [1.807, 2.05) is 13.8 Å². The average Bonchev–Trinajstić information content (AvgIpc) is 2.76. The molecule has 0 aromatic carbocycles. The highest BCUT2D eigenvalue weighted by molar-refractivity contribution is 9.11. The van der Waals surface area contributed by atoms with Crippen molar-refractivity contribution in [2.24, 2.45) is 5.73 Å². The first kappa shape index (κ1) is 18.1. The predicted molar refractivity (Wildman–Crippen MR) is 88.5 cm³/mol. The van der Waals surface area contributed by atoms with Gasteiger partial charge in [0.2, 0.25) is 10.0 Å². The van der Waals surface area contributed by atoms with Gasteiger partial charge in [-0.2, -0.15) is 4.31 Å². The minimum atomic E-state index is -3.46. The molecule has 20 heavy (non-hydrogen) atoms. The Morgan fingerprint density at radius 3 is 2.50 bits per heavy atom. The van der Waals surface area contributed by atoms with Crippen LogP contribution in [0.4, 0.5) is 0 Å². The van der Waals surface area contributed by atoms with Crippen molar-refractivity contribution in [3.63, 3.8) is 0 Å². The molecule has 0 aliphatic heterocycles. The summed E-state index contributed by atoms with van der Waals surface area (Å²) in [5.74, 6) is 0. The molecule has 0 spiro atoms. The van der Waals surface area contributed by atoms with E-state index in [2.05, 4.69) is 22.9 Å². The maximum absolute atomic E-state index is 12.8. The van der Waals surface area contributed by atoms with E-state index in [0.29, 0.717) is 21.8 Å². The second-order valence-electron chi connectivity index (χ2n) is 4.97. The molecule has 1 aromatic heterocycles. The van der Waals surface area contributed by atoms with Gasteiger partial charge in [-0.15, -0.1) is 11.3 Å². The summed E-state index contributed by atoms with van der Waals surface area (Å²) in [5, 5.41) is 0. The summed E-state index contributed by atoms with van der Waals surface area (Å²) in [6, 6.07) is 1.63. The van der Waals surface area contributed by atoms with Gasteiger partial charge in [0.25, 0.3) is 0 Å². The highest BCUT2D eigenvalue weighted by Crippen LogP contribution is 2.34. The van der Waals surface area contributed by atoms with Crippen molar-refractivity contribution in [3.05, 3.63) is 14.7 Å². The predicted octanol–water partition coefficient (Wildman–Crippen LogP) is 3.56. The van der Waals surface area contributed by atoms with Gasteiger partial charge in [0.15, 0.2) is 0 Å². The molecule has 116 valence electrons. The number of thiophene rings is 1. The van der Waals surface area contributed by atoms with Gasteiger partial charge in [-0.1, -0.05) is 19.8 Å². The van der Waals surface area contributed by atoms with E-state index in [1.54, 1.807) is 10.4 Å². The smallest absolute Gasteiger partial charge is 0.245 e. The molecule has 1 rings (SSSR count). The first-order valence-corrected chi connectivity index (χ1v) is 9.89. The number of nitrogens with two attached hydrogens (primary N) is 1. The lowest BCUT2D eigenvalue weighted by Crippen LogP contribution is -2.37. The molecule has 1 heterocycles. The Kier molecular flexibility index (Phi) is 7.14. The summed E-state index contributed by atoms with van der Waals surface area (Å²) in [5.41, 5.74) is 5.59. The Bertz CT molecular complexity index is 526. The van der Waals surface area contributed by atoms with Crippen molar-refractivity contribution in [2.45, 2.75) is 57.5 Å². The molecule has 0 atom stereocenters. The molecule has 0 aliphatic rings. The van der Waals surface area contributed by atoms with Crippen molar-refractivity contribution in [2.75, 3.05) is 6.54 Å². The largest absolute Gasteiger partial charge is 0.326 e. The van der Waals surface area contributed by atoms with Gasteiger partial charge in [0, 0.05) is 24.0 Å². The fourth-order valence-electron chi connectivity index (χ4n) is 1.97. The normalized spacial score (nSPS) is 12.6. The number of hydrogen-bond acceptors (Lipinski definition) is 4. The number of halogens is 1. The summed E-state index contributed by atoms with van der Waals surface area (Å²) in [6.07, 6.45) is 3.00. The number of rotatable bonds is 8. The molecular weight excluding hydrogens is 360 g/mol. The zero-order valence-corrected chi connectivity index (χ0v) is 15.4. The van der Waals surface area contributed by atoms with Crippen LogP contribution >= 0.6 is 27.3 Å². The minimum absolute atomic E-state index is 0.0509. The lowest BCUT2D eigenvalue weighted by Gasteiger charge is -2.25. The Labute approximate surface area is 134 Å². The third kappa shape index (κ3) is 4.27. The molecule has 0 saturated carbocycles. The lowest BCUT2D eigenvalue weighted by molar-refractivity contribution is 0.345. The molecule has 0 amide bonds. The number of sulfonamides is 1. The number of hydrogen-bond donors (Lipinski definition) is 1. The van der Waals surface area contributed by atoms with E-state index >= 15 is 0 Å². The van der Waals surface area contributed by atoms with Crippen LogP contribution in [-0.2, 0) is 16.6 Å². The Morgan fingerprint density at radius 2 is 2.05 bits per heavy atom. The first-order chi connectivity index (χ1) is 9.34. The standard InChI is InChI=1S/C13H23BrN2O2S2/c1-4-5-6-7-16(10(2)3)20(17,18)12-8-11(9-15)19-13(12)14/h8,10H,4-7,9,15H2,1-3H3. The van der Waals surface area contributed by atoms with Gasteiger partial charge in [0.05, 0.1) is 3.79 Å². The number of nitrogens with zero attached hydrogens (tertiary/aromatic N) is 1. The topological polar surface area (TPSA) is 63.4 Å². The van der Waals surface area contributed by atoms with Crippen LogP contribution in [0.1, 0.15) is 44.9 Å². The van der Waals surface area contributed by atoms with E-state index in [1.165, 1.54) is 11.3 Å². The highest BCUT2D eigenvalue weighted by atomic mass is 79.9. The van der Waals surface area contributed by atoms with Gasteiger partial charge < -0.3 is 5.73 Å². The third-order valence-corrected chi connectivity index (χ3v) is 7.40. The third-order valence-electron chi connectivity index (χ3n) is 3.05. The molecule has 7 heteroatoms. The summed E-state index contributed by atoms with van der Waals surface area (Å²) in [6.45, 7) is 6.85. The van der Waals surface area contributed by atoms with E-state index in [4.69, 9.17) is 5.73 Å². The molecule has 1 aromatic rings. The molecule has 0 fully saturated rings. The summed E-state index contributed by atoms with van der Waals surface area (Å²) in [4.78, 5) is 1.21. The van der Waals surface area contributed by atoms with Crippen molar-refractivity contribution < 1.29 is 8.42 Å². The zero-order chi connectivity index (χ0) is 15.3. The fraction of sp³-hybridized carbons (Fsp3) is 0.692. The van der Waals surface area contributed by atoms with Gasteiger partial charge >= 0.3 is 0 Å². The van der Waals surface area contributed by atoms with Crippen molar-refractivity contribution in [1.29, 1.82) is 0 Å². The molecule has 4 nitrogen and oxygen atoms in total. The van der Waals surface area contributed by atoms with E-state index in [-0.39, 0.29) is 6.04 Å². The van der Waals surface area contributed by atoms with E-state index < -0.39 is 10.0 Å². The molecule has 0 unspecified atom stereocenters. The first-order valence-electron chi connectivity index (χ1n) is 6.84. The molecule has 0 saturated heterocycles. The van der Waals surface area contributed by atoms with Crippen molar-refractivity contribution in [3.8, 4) is 0 Å². The molecule has 0 aliphatic carbocycles.